The molecule has 0 amide bonds. The second-order valence-corrected chi connectivity index (χ2v) is 8.89. The van der Waals surface area contributed by atoms with Crippen LogP contribution in [0, 0.1) is 87.3 Å². The Labute approximate surface area is 224 Å². The van der Waals surface area contributed by atoms with Gasteiger partial charge in [0.1, 0.15) is 34.9 Å². The minimum absolute atomic E-state index is 0.0905. The van der Waals surface area contributed by atoms with Gasteiger partial charge in [-0.1, -0.05) is 0 Å². The highest BCUT2D eigenvalue weighted by molar-refractivity contribution is 7.05. The molecule has 1 heterocycles. The van der Waals surface area contributed by atoms with Crippen molar-refractivity contribution in [3.8, 4) is 0 Å². The minimum atomic E-state index is -6.12. The first-order valence-electron chi connectivity index (χ1n) is 11.5. The quantitative estimate of drug-likeness (QED) is 0.0951. The first-order valence-corrected chi connectivity index (χ1v) is 11.5. The summed E-state index contributed by atoms with van der Waals surface area (Å²) in [5.74, 6) is -47.7. The molecule has 0 N–H and O–H groups in total. The van der Waals surface area contributed by atoms with Gasteiger partial charge in [0.2, 0.25) is 0 Å². The molecule has 0 bridgehead atoms. The fourth-order valence-electron chi connectivity index (χ4n) is 4.64. The molecule has 1 fully saturated rings. The van der Waals surface area contributed by atoms with Crippen LogP contribution in [-0.2, 0) is 9.08 Å². The van der Waals surface area contributed by atoms with Gasteiger partial charge in [-0.2, -0.15) is 0 Å². The van der Waals surface area contributed by atoms with E-state index in [0.29, 0.717) is 0 Å². The van der Waals surface area contributed by atoms with Crippen molar-refractivity contribution in [2.45, 2.75) is 25.7 Å². The van der Waals surface area contributed by atoms with Crippen LogP contribution in [0.4, 0.5) is 65.9 Å². The largest absolute Gasteiger partial charge is 0.564 e. The number of hydrogen-bond donors (Lipinski definition) is 0. The Hall–Kier alpha value is -3.86. The lowest BCUT2D eigenvalue weighted by Crippen LogP contribution is -2.74. The van der Waals surface area contributed by atoms with Crippen molar-refractivity contribution in [1.82, 2.24) is 0 Å². The Morgan fingerprint density at radius 1 is 0.381 bits per heavy atom. The van der Waals surface area contributed by atoms with Crippen LogP contribution in [0.5, 0.6) is 0 Å². The predicted molar refractivity (Wildman–Crippen MR) is 113 cm³/mol. The second-order valence-electron chi connectivity index (χ2n) is 8.89. The van der Waals surface area contributed by atoms with Gasteiger partial charge in [-0.25, -0.2) is 65.9 Å². The van der Waals surface area contributed by atoms with Gasteiger partial charge in [-0.3, -0.25) is 0 Å². The van der Waals surface area contributed by atoms with Crippen LogP contribution in [0.1, 0.15) is 25.7 Å². The first kappa shape index (κ1) is 31.1. The second kappa shape index (κ2) is 11.1. The summed E-state index contributed by atoms with van der Waals surface area (Å²) in [5.41, 5.74) is -8.55. The molecule has 1 aliphatic heterocycles. The Balaban J connectivity index is 2.47. The number of carbonyl (C=O) groups excluding carboxylic acids is 1. The van der Waals surface area contributed by atoms with Crippen molar-refractivity contribution in [2.75, 3.05) is 6.61 Å². The fraction of sp³-hybridized carbons (Fsp3) is 0.208. The normalized spacial score (nSPS) is 15.3. The number of ether oxygens (including phenoxy) is 1. The third-order valence-corrected chi connectivity index (χ3v) is 6.55. The highest BCUT2D eigenvalue weighted by Gasteiger charge is 2.55. The summed E-state index contributed by atoms with van der Waals surface area (Å²) in [6.07, 6.45) is -6.54. The molecule has 0 spiro atoms. The van der Waals surface area contributed by atoms with E-state index in [9.17, 15) is 39.5 Å². The molecule has 18 heteroatoms. The zero-order chi connectivity index (χ0) is 31.4. The van der Waals surface area contributed by atoms with E-state index >= 15 is 26.3 Å². The fourth-order valence-corrected chi connectivity index (χ4v) is 4.64. The molecule has 42 heavy (non-hydrogen) atoms. The lowest BCUT2D eigenvalue weighted by molar-refractivity contribution is -0.315. The minimum Gasteiger partial charge on any atom is -0.564 e. The summed E-state index contributed by atoms with van der Waals surface area (Å²) < 4.78 is 230. The maximum absolute atomic E-state index is 15.3. The molecule has 4 rings (SSSR count). The molecule has 1 saturated heterocycles. The van der Waals surface area contributed by atoms with Crippen LogP contribution in [0.2, 0.25) is 0 Å². The summed E-state index contributed by atoms with van der Waals surface area (Å²) in [5, 5.41) is 0. The smallest absolute Gasteiger partial charge is 0.427 e. The number of halogens is 15. The van der Waals surface area contributed by atoms with Gasteiger partial charge in [-0.15, -0.1) is 0 Å². The molecule has 3 aromatic carbocycles. The Morgan fingerprint density at radius 2 is 0.667 bits per heavy atom. The van der Waals surface area contributed by atoms with E-state index in [0.717, 1.165) is 0 Å². The molecule has 0 saturated carbocycles. The van der Waals surface area contributed by atoms with Gasteiger partial charge >= 0.3 is 12.3 Å². The Bertz CT molecular complexity index is 1390. The van der Waals surface area contributed by atoms with Gasteiger partial charge in [0.15, 0.2) is 59.0 Å². The molecule has 0 aliphatic carbocycles. The average Bonchev–Trinajstić information content (AvgIpc) is 3.23. The van der Waals surface area contributed by atoms with Gasteiger partial charge < -0.3 is 9.08 Å². The third kappa shape index (κ3) is 4.45. The van der Waals surface area contributed by atoms with E-state index in [-0.39, 0.29) is 19.3 Å². The third-order valence-electron chi connectivity index (χ3n) is 6.55. The maximum Gasteiger partial charge on any atom is 0.427 e. The number of benzene rings is 3. The molecule has 2 nitrogen and oxygen atoms in total. The van der Waals surface area contributed by atoms with Crippen LogP contribution in [-0.4, -0.2) is 18.9 Å². The van der Waals surface area contributed by atoms with Crippen molar-refractivity contribution in [3.05, 3.63) is 87.3 Å². The molecular formula is C24H10BF15O2. The SMILES string of the molecule is Fc1c(F)c(F)c([B-]([O+]=C2CCCCCO2)(c2c(F)c(F)c(F)c(F)c2F)c2c(F)c(F)c(F)c(F)c2F)c(F)c1F. The van der Waals surface area contributed by atoms with E-state index < -0.39 is 129 Å². The standard InChI is InChI=1S/C24H10BF15O2/c26-10-7(11(27)17(33)22(38)16(10)32)25(42-6-4-2-1-3-5-41-6,8-12(28)18(34)23(39)19(35)13(8)29)9-14(30)20(36)24(40)21(37)15(9)31/h1-5H2. The molecule has 0 unspecified atom stereocenters. The zero-order valence-corrected chi connectivity index (χ0v) is 20.1. The van der Waals surface area contributed by atoms with Crippen molar-refractivity contribution >= 4 is 28.7 Å². The predicted octanol–water partition coefficient (Wildman–Crippen LogP) is 5.39. The van der Waals surface area contributed by atoms with Gasteiger partial charge in [0.25, 0.3) is 0 Å². The van der Waals surface area contributed by atoms with E-state index in [1.54, 1.807) is 0 Å². The molecular weight excluding hydrogens is 616 g/mol. The highest BCUT2D eigenvalue weighted by atomic mass is 19.2. The van der Waals surface area contributed by atoms with Crippen molar-refractivity contribution < 1.29 is 74.9 Å². The number of hydrogen-bond acceptors (Lipinski definition) is 1. The van der Waals surface area contributed by atoms with Gasteiger partial charge in [0.05, 0.1) is 6.42 Å². The maximum atomic E-state index is 15.3. The molecule has 0 atom stereocenters. The summed E-state index contributed by atoms with van der Waals surface area (Å²) in [6, 6.07) is 0. The van der Waals surface area contributed by atoms with E-state index in [1.165, 1.54) is 0 Å². The molecule has 3 aromatic rings. The van der Waals surface area contributed by atoms with E-state index in [1.807, 2.05) is 0 Å². The highest BCUT2D eigenvalue weighted by Crippen LogP contribution is 2.28. The Kier molecular flexibility index (Phi) is 8.21. The van der Waals surface area contributed by atoms with Crippen LogP contribution in [0.3, 0.4) is 0 Å². The van der Waals surface area contributed by atoms with Gasteiger partial charge in [-0.05, 0) is 29.2 Å². The number of rotatable bonds is 4. The van der Waals surface area contributed by atoms with Crippen LogP contribution >= 0.6 is 0 Å². The number of esters is 1. The molecule has 0 aromatic heterocycles. The summed E-state index contributed by atoms with van der Waals surface area (Å²) >= 11 is 0. The summed E-state index contributed by atoms with van der Waals surface area (Å²) in [4.78, 5) is 0. The topological polar surface area (TPSA) is 20.5 Å². The first-order chi connectivity index (χ1) is 19.6. The zero-order valence-electron chi connectivity index (χ0n) is 20.1. The lowest BCUT2D eigenvalue weighted by atomic mass is 9.27. The summed E-state index contributed by atoms with van der Waals surface area (Å²) in [7, 11) is 0. The van der Waals surface area contributed by atoms with Crippen LogP contribution in [0.25, 0.3) is 0 Å². The number of cyclic esters (lactones) is 1. The van der Waals surface area contributed by atoms with Crippen molar-refractivity contribution in [3.63, 3.8) is 0 Å². The Morgan fingerprint density at radius 3 is 0.976 bits per heavy atom. The average molecular weight is 626 g/mol. The summed E-state index contributed by atoms with van der Waals surface area (Å²) in [6.45, 7) is -0.465. The van der Waals surface area contributed by atoms with Crippen LogP contribution < -0.4 is 16.4 Å². The molecule has 1 aliphatic rings. The van der Waals surface area contributed by atoms with E-state index in [2.05, 4.69) is 0 Å². The lowest BCUT2D eigenvalue weighted by Gasteiger charge is -2.35. The van der Waals surface area contributed by atoms with E-state index in [4.69, 9.17) is 9.08 Å². The van der Waals surface area contributed by atoms with Crippen molar-refractivity contribution in [1.29, 1.82) is 0 Å². The molecule has 0 radical (unpaired) electrons. The van der Waals surface area contributed by atoms with Gasteiger partial charge in [0, 0.05) is 6.42 Å². The van der Waals surface area contributed by atoms with Crippen molar-refractivity contribution in [2.24, 2.45) is 0 Å². The molecule has 226 valence electrons. The monoisotopic (exact) mass is 626 g/mol. The van der Waals surface area contributed by atoms with Crippen LogP contribution in [0.15, 0.2) is 0 Å².